The summed E-state index contributed by atoms with van der Waals surface area (Å²) < 4.78 is 5.22. The number of amides is 3. The van der Waals surface area contributed by atoms with E-state index >= 15 is 0 Å². The van der Waals surface area contributed by atoms with E-state index in [9.17, 15) is 19.5 Å². The Hall–Kier alpha value is -1.47. The molecular formula is C13H20N2O5. The first-order chi connectivity index (χ1) is 9.56. The third kappa shape index (κ3) is 3.34. The van der Waals surface area contributed by atoms with Gasteiger partial charge in [-0.1, -0.05) is 0 Å². The van der Waals surface area contributed by atoms with Crippen molar-refractivity contribution in [2.45, 2.75) is 37.6 Å². The first-order valence-corrected chi connectivity index (χ1v) is 6.89. The van der Waals surface area contributed by atoms with Gasteiger partial charge in [-0.25, -0.2) is 0 Å². The van der Waals surface area contributed by atoms with E-state index < -0.39 is 5.54 Å². The van der Waals surface area contributed by atoms with Crippen molar-refractivity contribution in [2.75, 3.05) is 26.4 Å². The maximum Gasteiger partial charge on any atom is 0.229 e. The fraction of sp³-hybridized carbons (Fsp3) is 0.769. The van der Waals surface area contributed by atoms with Crippen molar-refractivity contribution >= 4 is 17.7 Å². The largest absolute Gasteiger partial charge is 0.394 e. The number of hydrogen-bond donors (Lipinski definition) is 2. The van der Waals surface area contributed by atoms with Crippen molar-refractivity contribution in [3.63, 3.8) is 0 Å². The average Bonchev–Trinajstić information content (AvgIpc) is 2.77. The topological polar surface area (TPSA) is 95.9 Å². The van der Waals surface area contributed by atoms with Gasteiger partial charge in [-0.2, -0.15) is 0 Å². The summed E-state index contributed by atoms with van der Waals surface area (Å²) in [6, 6.07) is 0. The van der Waals surface area contributed by atoms with Gasteiger partial charge in [0.15, 0.2) is 0 Å². The second kappa shape index (κ2) is 6.32. The van der Waals surface area contributed by atoms with E-state index in [0.29, 0.717) is 26.1 Å². The average molecular weight is 284 g/mol. The Kier molecular flexibility index (Phi) is 4.72. The van der Waals surface area contributed by atoms with Crippen molar-refractivity contribution in [1.82, 2.24) is 10.2 Å². The van der Waals surface area contributed by atoms with Crippen LogP contribution in [0.15, 0.2) is 0 Å². The molecule has 0 atom stereocenters. The quantitative estimate of drug-likeness (QED) is 0.643. The van der Waals surface area contributed by atoms with Crippen LogP contribution in [0.4, 0.5) is 0 Å². The van der Waals surface area contributed by atoms with E-state index in [0.717, 1.165) is 4.90 Å². The van der Waals surface area contributed by atoms with Gasteiger partial charge in [0.05, 0.1) is 12.1 Å². The van der Waals surface area contributed by atoms with Crippen LogP contribution in [0.5, 0.6) is 0 Å². The van der Waals surface area contributed by atoms with Crippen molar-refractivity contribution < 1.29 is 24.2 Å². The fourth-order valence-electron chi connectivity index (χ4n) is 2.53. The summed E-state index contributed by atoms with van der Waals surface area (Å²) in [6.45, 7) is 0.985. The Morgan fingerprint density at radius 2 is 1.85 bits per heavy atom. The van der Waals surface area contributed by atoms with Crippen molar-refractivity contribution in [2.24, 2.45) is 0 Å². The van der Waals surface area contributed by atoms with Gasteiger partial charge >= 0.3 is 0 Å². The molecule has 2 fully saturated rings. The van der Waals surface area contributed by atoms with Gasteiger partial charge in [-0.15, -0.1) is 0 Å². The molecule has 0 bridgehead atoms. The minimum atomic E-state index is -0.631. The van der Waals surface area contributed by atoms with E-state index in [1.54, 1.807) is 0 Å². The summed E-state index contributed by atoms with van der Waals surface area (Å²) in [4.78, 5) is 35.9. The number of imide groups is 1. The zero-order chi connectivity index (χ0) is 14.6. The number of likely N-dealkylation sites (tertiary alicyclic amines) is 1. The number of aliphatic hydroxyl groups excluding tert-OH is 1. The van der Waals surface area contributed by atoms with Gasteiger partial charge in [0.2, 0.25) is 17.7 Å². The normalized spacial score (nSPS) is 22.1. The second-order valence-corrected chi connectivity index (χ2v) is 5.29. The minimum absolute atomic E-state index is 0.0695. The van der Waals surface area contributed by atoms with E-state index in [1.807, 2.05) is 0 Å². The predicted molar refractivity (Wildman–Crippen MR) is 68.6 cm³/mol. The van der Waals surface area contributed by atoms with Crippen molar-refractivity contribution in [3.05, 3.63) is 0 Å². The smallest absolute Gasteiger partial charge is 0.229 e. The summed E-state index contributed by atoms with van der Waals surface area (Å²) in [7, 11) is 0. The number of rotatable bonds is 5. The Balaban J connectivity index is 1.82. The van der Waals surface area contributed by atoms with Crippen LogP contribution < -0.4 is 5.32 Å². The third-order valence-electron chi connectivity index (χ3n) is 3.87. The van der Waals surface area contributed by atoms with Crippen molar-refractivity contribution in [1.29, 1.82) is 0 Å². The number of carbonyl (C=O) groups excluding carboxylic acids is 3. The highest BCUT2D eigenvalue weighted by atomic mass is 16.5. The number of aliphatic hydroxyl groups is 1. The Morgan fingerprint density at radius 1 is 1.25 bits per heavy atom. The lowest BCUT2D eigenvalue weighted by Crippen LogP contribution is -2.55. The fourth-order valence-corrected chi connectivity index (χ4v) is 2.53. The van der Waals surface area contributed by atoms with Gasteiger partial charge in [0.25, 0.3) is 0 Å². The van der Waals surface area contributed by atoms with Crippen LogP contribution in [0.25, 0.3) is 0 Å². The highest BCUT2D eigenvalue weighted by molar-refractivity contribution is 6.02. The molecule has 0 aromatic heterocycles. The monoisotopic (exact) mass is 284 g/mol. The molecule has 2 rings (SSSR count). The molecule has 7 heteroatoms. The molecule has 2 saturated heterocycles. The predicted octanol–water partition coefficient (Wildman–Crippen LogP) is -0.817. The molecule has 0 spiro atoms. The molecule has 3 amide bonds. The minimum Gasteiger partial charge on any atom is -0.394 e. The molecule has 20 heavy (non-hydrogen) atoms. The summed E-state index contributed by atoms with van der Waals surface area (Å²) >= 11 is 0. The van der Waals surface area contributed by atoms with Gasteiger partial charge in [0.1, 0.15) is 0 Å². The molecule has 2 aliphatic rings. The molecule has 2 aliphatic heterocycles. The summed E-state index contributed by atoms with van der Waals surface area (Å²) in [5.74, 6) is -0.690. The molecule has 2 heterocycles. The Bertz CT molecular complexity index is 388. The van der Waals surface area contributed by atoms with Gasteiger partial charge < -0.3 is 15.2 Å². The van der Waals surface area contributed by atoms with Gasteiger partial charge in [-0.3, -0.25) is 19.3 Å². The molecule has 0 aromatic carbocycles. The maximum absolute atomic E-state index is 11.9. The van der Waals surface area contributed by atoms with Crippen LogP contribution >= 0.6 is 0 Å². The van der Waals surface area contributed by atoms with Gasteiger partial charge in [-0.05, 0) is 12.8 Å². The van der Waals surface area contributed by atoms with Crippen LogP contribution in [-0.2, 0) is 19.1 Å². The zero-order valence-corrected chi connectivity index (χ0v) is 11.4. The highest BCUT2D eigenvalue weighted by Gasteiger charge is 2.34. The molecule has 0 aromatic rings. The third-order valence-corrected chi connectivity index (χ3v) is 3.87. The first-order valence-electron chi connectivity index (χ1n) is 6.89. The van der Waals surface area contributed by atoms with E-state index in [4.69, 9.17) is 4.74 Å². The lowest BCUT2D eigenvalue weighted by atomic mass is 9.91. The lowest BCUT2D eigenvalue weighted by Gasteiger charge is -2.36. The first kappa shape index (κ1) is 14.9. The summed E-state index contributed by atoms with van der Waals surface area (Å²) in [5, 5.41) is 12.3. The number of carbonyl (C=O) groups is 3. The zero-order valence-electron chi connectivity index (χ0n) is 11.4. The second-order valence-electron chi connectivity index (χ2n) is 5.29. The summed E-state index contributed by atoms with van der Waals surface area (Å²) in [5.41, 5.74) is -0.631. The van der Waals surface area contributed by atoms with Crippen LogP contribution in [0.3, 0.4) is 0 Å². The number of nitrogens with one attached hydrogen (secondary N) is 1. The van der Waals surface area contributed by atoms with Crippen LogP contribution in [0.2, 0.25) is 0 Å². The molecular weight excluding hydrogens is 264 g/mol. The molecule has 0 radical (unpaired) electrons. The summed E-state index contributed by atoms with van der Waals surface area (Å²) in [6.07, 6.45) is 1.67. The molecule has 7 nitrogen and oxygen atoms in total. The van der Waals surface area contributed by atoms with Gasteiger partial charge in [0, 0.05) is 39.0 Å². The highest BCUT2D eigenvalue weighted by Crippen LogP contribution is 2.20. The molecule has 0 aliphatic carbocycles. The standard InChI is InChI=1S/C13H20N2O5/c16-9-13(4-7-20-8-5-13)14-10(17)3-6-15-11(18)1-2-12(15)19/h16H,1-9H2,(H,14,17). The van der Waals surface area contributed by atoms with Crippen LogP contribution in [0.1, 0.15) is 32.1 Å². The SMILES string of the molecule is O=C(CCN1C(=O)CCC1=O)NC1(CO)CCOCC1. The van der Waals surface area contributed by atoms with E-state index in [1.165, 1.54) is 0 Å². The van der Waals surface area contributed by atoms with Crippen LogP contribution in [0, 0.1) is 0 Å². The Labute approximate surface area is 117 Å². The molecule has 2 N–H and O–H groups in total. The number of nitrogens with zero attached hydrogens (tertiary/aromatic N) is 1. The van der Waals surface area contributed by atoms with E-state index in [-0.39, 0.29) is 50.1 Å². The van der Waals surface area contributed by atoms with E-state index in [2.05, 4.69) is 5.32 Å². The molecule has 0 saturated carbocycles. The lowest BCUT2D eigenvalue weighted by molar-refractivity contribution is -0.138. The molecule has 112 valence electrons. The maximum atomic E-state index is 11.9. The van der Waals surface area contributed by atoms with Crippen molar-refractivity contribution in [3.8, 4) is 0 Å². The number of ether oxygens (including phenoxy) is 1. The van der Waals surface area contributed by atoms with Crippen LogP contribution in [-0.4, -0.2) is 59.6 Å². The Morgan fingerprint density at radius 3 is 2.40 bits per heavy atom. The molecule has 0 unspecified atom stereocenters. The number of hydrogen-bond acceptors (Lipinski definition) is 5.